The van der Waals surface area contributed by atoms with Gasteiger partial charge in [-0.1, -0.05) is 36.4 Å². The van der Waals surface area contributed by atoms with Crippen LogP contribution in [0.4, 0.5) is 11.4 Å². The molecule has 0 saturated carbocycles. The molecule has 0 aromatic heterocycles. The first-order valence-corrected chi connectivity index (χ1v) is 7.30. The molecule has 0 spiro atoms. The van der Waals surface area contributed by atoms with Crippen LogP contribution in [0.15, 0.2) is 53.5 Å². The molecular formula is C15H17ClCuN3. The first kappa shape index (κ1) is 16.6. The van der Waals surface area contributed by atoms with E-state index in [1.807, 2.05) is 62.4 Å². The van der Waals surface area contributed by atoms with E-state index in [2.05, 4.69) is 35.5 Å². The molecule has 2 aromatic rings. The predicted molar refractivity (Wildman–Crippen MR) is 83.1 cm³/mol. The summed E-state index contributed by atoms with van der Waals surface area (Å²) in [6, 6.07) is 15.9. The van der Waals surface area contributed by atoms with Crippen molar-refractivity contribution in [1.29, 1.82) is 0 Å². The number of anilines is 1. The van der Waals surface area contributed by atoms with Crippen molar-refractivity contribution in [3.05, 3.63) is 59.7 Å². The van der Waals surface area contributed by atoms with Crippen LogP contribution >= 0.6 is 10.1 Å². The van der Waals surface area contributed by atoms with Crippen LogP contribution in [0.1, 0.15) is 11.1 Å². The molecule has 110 valence electrons. The summed E-state index contributed by atoms with van der Waals surface area (Å²) in [4.78, 5) is 4.38. The van der Waals surface area contributed by atoms with Gasteiger partial charge in [0.05, 0.1) is 5.69 Å². The van der Waals surface area contributed by atoms with Gasteiger partial charge in [-0.3, -0.25) is 0 Å². The molecule has 0 heterocycles. The van der Waals surface area contributed by atoms with Crippen molar-refractivity contribution in [2.75, 3.05) is 5.32 Å². The van der Waals surface area contributed by atoms with E-state index in [0.29, 0.717) is 5.96 Å². The number of rotatable bonds is 2. The normalized spacial score (nSPS) is 10.6. The van der Waals surface area contributed by atoms with Gasteiger partial charge in [0.2, 0.25) is 0 Å². The van der Waals surface area contributed by atoms with Gasteiger partial charge in [-0.2, -0.15) is 0 Å². The molecule has 0 aliphatic rings. The van der Waals surface area contributed by atoms with E-state index in [4.69, 9.17) is 5.73 Å². The molecular weight excluding hydrogens is 321 g/mol. The first-order chi connectivity index (χ1) is 9.66. The van der Waals surface area contributed by atoms with Crippen LogP contribution in [0.5, 0.6) is 0 Å². The molecule has 5 heteroatoms. The number of halogens is 1. The number of hydrogen-bond donors (Lipinski definition) is 2. The molecule has 0 saturated heterocycles. The van der Waals surface area contributed by atoms with Crippen molar-refractivity contribution >= 4 is 27.4 Å². The summed E-state index contributed by atoms with van der Waals surface area (Å²) in [6.45, 7) is 4.04. The molecule has 2 rings (SSSR count). The van der Waals surface area contributed by atoms with Gasteiger partial charge in [-0.15, -0.1) is 0 Å². The molecule has 0 bridgehead atoms. The summed E-state index contributed by atoms with van der Waals surface area (Å²) < 4.78 is 0. The number of nitrogens with two attached hydrogens (primary N) is 1. The molecule has 2 aromatic carbocycles. The molecule has 3 nitrogen and oxygen atoms in total. The van der Waals surface area contributed by atoms with Gasteiger partial charge in [-0.25, -0.2) is 4.99 Å². The minimum atomic E-state index is 0.401. The zero-order valence-corrected chi connectivity index (χ0v) is 13.0. The van der Waals surface area contributed by atoms with E-state index in [9.17, 15) is 0 Å². The predicted octanol–water partition coefficient (Wildman–Crippen LogP) is 4.05. The quantitative estimate of drug-likeness (QED) is 0.493. The van der Waals surface area contributed by atoms with E-state index in [0.717, 1.165) is 22.5 Å². The molecule has 0 fully saturated rings. The van der Waals surface area contributed by atoms with E-state index in [1.165, 1.54) is 0 Å². The molecule has 20 heavy (non-hydrogen) atoms. The van der Waals surface area contributed by atoms with Gasteiger partial charge in [0.1, 0.15) is 0 Å². The number of guanidine groups is 1. The number of nitrogens with zero attached hydrogens (tertiary/aromatic N) is 1. The van der Waals surface area contributed by atoms with Gasteiger partial charge < -0.3 is 11.1 Å². The van der Waals surface area contributed by atoms with Crippen LogP contribution in [0.25, 0.3) is 0 Å². The topological polar surface area (TPSA) is 50.4 Å². The standard InChI is InChI=1S/C15H17N3.ClH.Cu/c1-11-7-3-5-9-13(11)17-15(16)18-14-10-6-4-8-12(14)2;;/h3-10H,1-2H3,(H3,16,17,18);1H;/q;;+1/p-1. The molecule has 0 radical (unpaired) electrons. The van der Waals surface area contributed by atoms with E-state index < -0.39 is 0 Å². The fraction of sp³-hybridized carbons (Fsp3) is 0.133. The van der Waals surface area contributed by atoms with Crippen LogP contribution in [0.3, 0.4) is 0 Å². The minimum absolute atomic E-state index is 0.401. The van der Waals surface area contributed by atoms with E-state index >= 15 is 0 Å². The summed E-state index contributed by atoms with van der Waals surface area (Å²) in [7, 11) is 4.20. The zero-order valence-electron chi connectivity index (χ0n) is 11.3. The van der Waals surface area contributed by atoms with Crippen molar-refractivity contribution in [3.63, 3.8) is 0 Å². The van der Waals surface area contributed by atoms with Crippen LogP contribution in [0.2, 0.25) is 0 Å². The third-order valence-electron chi connectivity index (χ3n) is 2.76. The Hall–Kier alpha value is -1.48. The summed E-state index contributed by atoms with van der Waals surface area (Å²) in [5.74, 6) is 0.401. The molecule has 0 aliphatic carbocycles. The molecule has 0 unspecified atom stereocenters. The Morgan fingerprint density at radius 1 is 1.00 bits per heavy atom. The van der Waals surface area contributed by atoms with Crippen LogP contribution in [0, 0.1) is 13.8 Å². The SMILES string of the molecule is Cc1ccccc1N=C(N)Nc1ccccc1C.[Cl][Cu]. The number of nitrogens with one attached hydrogen (secondary N) is 1. The Balaban J connectivity index is 0.000000956. The van der Waals surface area contributed by atoms with Crippen molar-refractivity contribution < 1.29 is 15.1 Å². The number of hydrogen-bond acceptors (Lipinski definition) is 1. The van der Waals surface area contributed by atoms with E-state index in [1.54, 1.807) is 0 Å². The third-order valence-corrected chi connectivity index (χ3v) is 2.76. The van der Waals surface area contributed by atoms with Crippen LogP contribution < -0.4 is 11.1 Å². The van der Waals surface area contributed by atoms with Gasteiger partial charge in [0.15, 0.2) is 5.96 Å². The maximum atomic E-state index is 5.91. The van der Waals surface area contributed by atoms with E-state index in [-0.39, 0.29) is 0 Å². The second-order valence-electron chi connectivity index (χ2n) is 4.22. The average molecular weight is 338 g/mol. The fourth-order valence-corrected chi connectivity index (χ4v) is 1.70. The van der Waals surface area contributed by atoms with Crippen molar-refractivity contribution in [1.82, 2.24) is 0 Å². The number of para-hydroxylation sites is 2. The second kappa shape index (κ2) is 8.64. The summed E-state index contributed by atoms with van der Waals surface area (Å²) >= 11 is 3.66. The molecule has 3 N–H and O–H groups in total. The molecule has 0 atom stereocenters. The number of aryl methyl sites for hydroxylation is 2. The average Bonchev–Trinajstić information content (AvgIpc) is 2.46. The Kier molecular flexibility index (Phi) is 7.16. The van der Waals surface area contributed by atoms with Gasteiger partial charge in [-0.05, 0) is 37.1 Å². The Labute approximate surface area is 132 Å². The second-order valence-corrected chi connectivity index (χ2v) is 4.22. The fourth-order valence-electron chi connectivity index (χ4n) is 1.70. The number of aliphatic imine (C=N–C) groups is 1. The molecule has 0 aliphatic heterocycles. The third kappa shape index (κ3) is 4.89. The van der Waals surface area contributed by atoms with Crippen molar-refractivity contribution in [2.45, 2.75) is 13.8 Å². The Bertz CT molecular complexity index is 585. The van der Waals surface area contributed by atoms with Gasteiger partial charge in [0, 0.05) is 5.69 Å². The Morgan fingerprint density at radius 3 is 2.15 bits per heavy atom. The van der Waals surface area contributed by atoms with Crippen LogP contribution in [-0.2, 0) is 15.1 Å². The summed E-state index contributed by atoms with van der Waals surface area (Å²) in [5.41, 5.74) is 10.0. The summed E-state index contributed by atoms with van der Waals surface area (Å²) in [6.07, 6.45) is 0. The summed E-state index contributed by atoms with van der Waals surface area (Å²) in [5, 5.41) is 3.11. The maximum absolute atomic E-state index is 5.91. The zero-order chi connectivity index (χ0) is 15.0. The van der Waals surface area contributed by atoms with Gasteiger partial charge >= 0.3 is 25.2 Å². The van der Waals surface area contributed by atoms with Crippen molar-refractivity contribution in [2.24, 2.45) is 10.7 Å². The Morgan fingerprint density at radius 2 is 1.55 bits per heavy atom. The monoisotopic (exact) mass is 337 g/mol. The van der Waals surface area contributed by atoms with Gasteiger partial charge in [0.25, 0.3) is 0 Å². The number of benzene rings is 2. The molecule has 0 amide bonds. The first-order valence-electron chi connectivity index (χ1n) is 6.00. The van der Waals surface area contributed by atoms with Crippen LogP contribution in [-0.4, -0.2) is 5.96 Å². The van der Waals surface area contributed by atoms with Crippen molar-refractivity contribution in [3.8, 4) is 0 Å².